The monoisotopic (exact) mass is 654 g/mol. The fraction of sp³-hybridized carbons (Fsp3) is 0. The van der Waals surface area contributed by atoms with Crippen molar-refractivity contribution in [3.63, 3.8) is 0 Å². The van der Waals surface area contributed by atoms with E-state index in [0.717, 1.165) is 0 Å². The zero-order valence-electron chi connectivity index (χ0n) is 23.3. The van der Waals surface area contributed by atoms with E-state index >= 15 is 0 Å². The Kier molecular flexibility index (Phi) is 11.9. The van der Waals surface area contributed by atoms with E-state index in [1.807, 2.05) is 0 Å². The molecule has 2 unspecified atom stereocenters. The minimum Gasteiger partial charge on any atom is -0.505 e. The van der Waals surface area contributed by atoms with Crippen molar-refractivity contribution in [3.8, 4) is 5.75 Å². The van der Waals surface area contributed by atoms with Gasteiger partial charge in [-0.15, -0.1) is 13.8 Å². The van der Waals surface area contributed by atoms with Crippen LogP contribution < -0.4 is 34.9 Å². The van der Waals surface area contributed by atoms with Gasteiger partial charge in [0.05, 0.1) is 22.0 Å². The Morgan fingerprint density at radius 2 is 1.24 bits per heavy atom. The molecule has 0 radical (unpaired) electrons. The van der Waals surface area contributed by atoms with Crippen molar-refractivity contribution in [2.75, 3.05) is 5.32 Å². The number of phenolic OH excluding ortho intramolecular Hbond substituents is 1. The molecule has 0 spiro atoms. The van der Waals surface area contributed by atoms with Gasteiger partial charge in [-0.3, -0.25) is 4.79 Å². The summed E-state index contributed by atoms with van der Waals surface area (Å²) in [6, 6.07) is 27.2. The van der Waals surface area contributed by atoms with Crippen LogP contribution in [0.2, 0.25) is 0 Å². The Bertz CT molecular complexity index is 1930. The van der Waals surface area contributed by atoms with E-state index in [2.05, 4.69) is 34.4 Å². The summed E-state index contributed by atoms with van der Waals surface area (Å²) in [7, 11) is 0. The third kappa shape index (κ3) is 8.37. The molecule has 16 heteroatoms. The van der Waals surface area contributed by atoms with Crippen molar-refractivity contribution in [2.45, 2.75) is 9.79 Å². The second-order valence-electron chi connectivity index (χ2n) is 8.86. The molecule has 0 saturated carbocycles. The molecule has 5 aromatic rings. The Morgan fingerprint density at radius 3 is 1.82 bits per heavy atom. The number of nitrogens with one attached hydrogen (secondary N) is 1. The van der Waals surface area contributed by atoms with Gasteiger partial charge >= 0.3 is 29.6 Å². The van der Waals surface area contributed by atoms with E-state index in [-0.39, 0.29) is 56.7 Å². The second kappa shape index (κ2) is 15.8. The largest absolute Gasteiger partial charge is 1.00 e. The van der Waals surface area contributed by atoms with Crippen LogP contribution >= 0.6 is 0 Å². The molecule has 0 aliphatic rings. The van der Waals surface area contributed by atoms with Gasteiger partial charge in [0, 0.05) is 16.6 Å². The first kappa shape index (κ1) is 33.9. The average molecular weight is 655 g/mol. The zero-order chi connectivity index (χ0) is 31.1. The van der Waals surface area contributed by atoms with Crippen LogP contribution in [0.3, 0.4) is 0 Å². The summed E-state index contributed by atoms with van der Waals surface area (Å²) in [5.41, 5.74) is 2.00. The predicted octanol–water partition coefficient (Wildman–Crippen LogP) is 4.66. The third-order valence-corrected chi connectivity index (χ3v) is 7.68. The van der Waals surface area contributed by atoms with Crippen LogP contribution in [0.25, 0.3) is 10.8 Å². The van der Waals surface area contributed by atoms with E-state index in [9.17, 15) is 18.3 Å². The smallest absolute Gasteiger partial charge is 0.505 e. The predicted molar refractivity (Wildman–Crippen MR) is 161 cm³/mol. The topological polar surface area (TPSA) is 192 Å². The van der Waals surface area contributed by atoms with Gasteiger partial charge in [0.1, 0.15) is 10.6 Å². The number of fused-ring (bicyclic) bond motifs is 1. The summed E-state index contributed by atoms with van der Waals surface area (Å²) in [6.45, 7) is 0. The number of carbonyl (C=O) groups excluding carboxylic acids is 1. The summed E-state index contributed by atoms with van der Waals surface area (Å²) in [4.78, 5) is 12.7. The molecule has 222 valence electrons. The van der Waals surface area contributed by atoms with Crippen molar-refractivity contribution < 1.29 is 67.1 Å². The number of amides is 1. The number of nitrogens with zero attached hydrogens (tertiary/aromatic N) is 4. The average Bonchev–Trinajstić information content (AvgIpc) is 3.07. The van der Waals surface area contributed by atoms with E-state index < -0.39 is 22.2 Å². The van der Waals surface area contributed by atoms with Crippen LogP contribution in [-0.2, 0) is 30.8 Å². The molecule has 13 nitrogen and oxygen atoms in total. The van der Waals surface area contributed by atoms with Gasteiger partial charge in [-0.25, -0.2) is 18.9 Å². The first-order chi connectivity index (χ1) is 21.4. The van der Waals surface area contributed by atoms with Crippen molar-refractivity contribution in [1.82, 2.24) is 0 Å². The quantitative estimate of drug-likeness (QED) is 0.0723. The van der Waals surface area contributed by atoms with Crippen molar-refractivity contribution >= 4 is 67.3 Å². The summed E-state index contributed by atoms with van der Waals surface area (Å²) >= 11 is -4.39. The number of benzene rings is 5. The number of rotatable bonds is 10. The zero-order valence-corrected chi connectivity index (χ0v) is 26.9. The molecule has 45 heavy (non-hydrogen) atoms. The first-order valence-electron chi connectivity index (χ1n) is 12.5. The molecule has 2 atom stereocenters. The third-order valence-electron chi connectivity index (χ3n) is 6.09. The molecule has 1 amide bonds. The van der Waals surface area contributed by atoms with Crippen LogP contribution in [-0.4, -0.2) is 29.9 Å². The minimum atomic E-state index is -2.41. The van der Waals surface area contributed by atoms with Crippen LogP contribution in [0, 0.1) is 0 Å². The maximum Gasteiger partial charge on any atom is 1.00 e. The van der Waals surface area contributed by atoms with Crippen molar-refractivity contribution in [1.29, 1.82) is 0 Å². The molecule has 5 rings (SSSR count). The molecular weight excluding hydrogens is 633 g/mol. The van der Waals surface area contributed by atoms with Gasteiger partial charge in [-0.1, -0.05) is 18.2 Å². The van der Waals surface area contributed by atoms with Gasteiger partial charge in [0.25, 0.3) is 5.91 Å². The molecule has 0 saturated heterocycles. The molecule has 0 fully saturated rings. The molecule has 0 aromatic heterocycles. The molecule has 0 bridgehead atoms. The summed E-state index contributed by atoms with van der Waals surface area (Å²) in [5, 5.41) is 48.5. The van der Waals surface area contributed by atoms with Gasteiger partial charge in [-0.05, 0) is 90.3 Å². The van der Waals surface area contributed by atoms with E-state index in [4.69, 9.17) is 10.5 Å². The summed E-state index contributed by atoms with van der Waals surface area (Å²) < 4.78 is 31.7. The molecular formula is C29H21N5NaO8S2+. The van der Waals surface area contributed by atoms with Crippen molar-refractivity contribution in [3.05, 3.63) is 109 Å². The normalized spacial score (nSPS) is 12.7. The Hall–Kier alpha value is -4.03. The molecule has 0 heterocycles. The fourth-order valence-corrected chi connectivity index (χ4v) is 5.01. The SMILES string of the molecule is O=C(Nc1ccc2c(O)c(N=Nc3ccc(N=Nc4ccc(S(=O)OO)cc4)cc3)c(S(=O)OO)cc2c1)c1ccccc1.[Na+]. The van der Waals surface area contributed by atoms with Gasteiger partial charge in [0.2, 0.25) is 22.2 Å². The number of anilines is 1. The van der Waals surface area contributed by atoms with E-state index in [1.165, 1.54) is 18.2 Å². The van der Waals surface area contributed by atoms with Gasteiger partial charge in [-0.2, -0.15) is 15.3 Å². The molecule has 0 aliphatic heterocycles. The molecule has 0 aliphatic carbocycles. The van der Waals surface area contributed by atoms with Crippen LogP contribution in [0.1, 0.15) is 10.4 Å². The standard InChI is InChI=1S/C29H21N5O8S2.Na/c35-28-25-15-12-23(30-29(36)18-4-2-1-3-5-18)16-19(25)17-26(44(40)42-38)27(28)34-33-21-8-6-20(7-9-21)31-32-22-10-13-24(14-11-22)43(39)41-37;/h1-17,35,37-38H,(H,30,36);/q;+1. The Balaban J connectivity index is 0.00000461. The van der Waals surface area contributed by atoms with E-state index in [1.54, 1.807) is 84.9 Å². The maximum atomic E-state index is 12.6. The van der Waals surface area contributed by atoms with Crippen molar-refractivity contribution in [2.24, 2.45) is 20.5 Å². The number of azo groups is 2. The fourth-order valence-electron chi connectivity index (χ4n) is 3.96. The van der Waals surface area contributed by atoms with Crippen LogP contribution in [0.5, 0.6) is 5.75 Å². The number of aromatic hydroxyl groups is 1. The maximum absolute atomic E-state index is 12.6. The number of phenols is 1. The second-order valence-corrected chi connectivity index (χ2v) is 11.0. The number of hydrogen-bond acceptors (Lipinski definition) is 12. The minimum absolute atomic E-state index is 0. The first-order valence-corrected chi connectivity index (χ1v) is 14.7. The number of hydrogen-bond donors (Lipinski definition) is 4. The number of carbonyl (C=O) groups is 1. The van der Waals surface area contributed by atoms with Crippen LogP contribution in [0.15, 0.2) is 133 Å². The summed E-state index contributed by atoms with van der Waals surface area (Å²) in [6.07, 6.45) is 0. The Labute approximate surface area is 282 Å². The van der Waals surface area contributed by atoms with Gasteiger partial charge in [0.15, 0.2) is 5.75 Å². The Morgan fingerprint density at radius 1 is 0.689 bits per heavy atom. The molecule has 5 aromatic carbocycles. The van der Waals surface area contributed by atoms with Gasteiger partial charge < -0.3 is 10.4 Å². The summed E-state index contributed by atoms with van der Waals surface area (Å²) in [5.74, 6) is -0.699. The van der Waals surface area contributed by atoms with Crippen LogP contribution in [0.4, 0.5) is 28.4 Å². The van der Waals surface area contributed by atoms with E-state index in [0.29, 0.717) is 39.1 Å². The molecule has 4 N–H and O–H groups in total.